The number of nitrogens with one attached hydrogen (secondary N) is 3. The van der Waals surface area contributed by atoms with Gasteiger partial charge in [-0.25, -0.2) is 4.79 Å². The van der Waals surface area contributed by atoms with Gasteiger partial charge in [-0.3, -0.25) is 14.4 Å². The normalized spacial score (nSPS) is 29.3. The van der Waals surface area contributed by atoms with Crippen molar-refractivity contribution in [2.75, 3.05) is 20.1 Å². The van der Waals surface area contributed by atoms with E-state index in [2.05, 4.69) is 28.1 Å². The number of nitrogens with two attached hydrogens (primary N) is 1. The van der Waals surface area contributed by atoms with Gasteiger partial charge >= 0.3 is 6.03 Å². The summed E-state index contributed by atoms with van der Waals surface area (Å²) in [7, 11) is 1.65. The maximum Gasteiger partial charge on any atom is 0.314 e. The highest BCUT2D eigenvalue weighted by Gasteiger charge is 2.46. The number of primary amides is 1. The third-order valence-electron chi connectivity index (χ3n) is 7.70. The zero-order valence-electron chi connectivity index (χ0n) is 20.4. The predicted molar refractivity (Wildman–Crippen MR) is 130 cm³/mol. The van der Waals surface area contributed by atoms with Crippen molar-refractivity contribution < 1.29 is 19.2 Å². The number of rotatable bonds is 6. The summed E-state index contributed by atoms with van der Waals surface area (Å²) in [5, 5.41) is 8.75. The average molecular weight is 485 g/mol. The van der Waals surface area contributed by atoms with E-state index in [0.717, 1.165) is 12.8 Å². The van der Waals surface area contributed by atoms with Gasteiger partial charge in [0.2, 0.25) is 17.7 Å². The molecule has 1 saturated carbocycles. The van der Waals surface area contributed by atoms with Crippen LogP contribution < -0.4 is 21.7 Å². The maximum atomic E-state index is 13.6. The van der Waals surface area contributed by atoms with Crippen LogP contribution in [0.5, 0.6) is 0 Å². The number of carbonyl (C=O) groups is 4. The van der Waals surface area contributed by atoms with Crippen LogP contribution >= 0.6 is 0 Å². The standard InChI is InChI=1S/C25H36N6O4/c1-15(27-2)22(32)29-20-14-30(25(26)35)11-10-19-8-9-21(31(19)24(20)34)23(33)28-18-12-17(13-18)16-6-4-3-5-7-16/h3-7,15,17-21,27H,8-14H2,1-2H3,(H2,26,35)(H,28,33)(H,29,32)/t15-,17-,18-,19+,20-,21?/m0/s1. The number of hydrogen-bond donors (Lipinski definition) is 4. The Kier molecular flexibility index (Phi) is 7.59. The van der Waals surface area contributed by atoms with Gasteiger partial charge in [0.05, 0.1) is 12.6 Å². The van der Waals surface area contributed by atoms with E-state index in [1.807, 2.05) is 18.2 Å². The van der Waals surface area contributed by atoms with Gasteiger partial charge in [0.15, 0.2) is 0 Å². The SMILES string of the molecule is CN[C@@H](C)C(=O)N[C@H]1CN(C(N)=O)CC[C@H]2CCC(C(=O)N[C@H]3C[C@H](c4ccccc4)C3)N2C1=O. The number of likely N-dealkylation sites (N-methyl/N-ethyl adjacent to an activating group) is 1. The van der Waals surface area contributed by atoms with E-state index in [4.69, 9.17) is 5.73 Å². The molecular formula is C25H36N6O4. The molecular weight excluding hydrogens is 448 g/mol. The summed E-state index contributed by atoms with van der Waals surface area (Å²) in [6.45, 7) is 2.04. The Morgan fingerprint density at radius 1 is 1.06 bits per heavy atom. The lowest BCUT2D eigenvalue weighted by atomic mass is 9.76. The third-order valence-corrected chi connectivity index (χ3v) is 7.70. The summed E-state index contributed by atoms with van der Waals surface area (Å²) in [6.07, 6.45) is 3.54. The number of nitrogens with zero attached hydrogens (tertiary/aromatic N) is 2. The van der Waals surface area contributed by atoms with E-state index >= 15 is 0 Å². The fourth-order valence-corrected chi connectivity index (χ4v) is 5.40. The van der Waals surface area contributed by atoms with Gasteiger partial charge in [-0.1, -0.05) is 30.3 Å². The molecule has 0 bridgehead atoms. The fraction of sp³-hybridized carbons (Fsp3) is 0.600. The number of urea groups is 1. The van der Waals surface area contributed by atoms with Crippen molar-refractivity contribution >= 4 is 23.8 Å². The van der Waals surface area contributed by atoms with Crippen molar-refractivity contribution in [1.82, 2.24) is 25.8 Å². The van der Waals surface area contributed by atoms with Gasteiger partial charge in [0.25, 0.3) is 0 Å². The lowest BCUT2D eigenvalue weighted by Gasteiger charge is -2.40. The van der Waals surface area contributed by atoms with Crippen LogP contribution in [0.2, 0.25) is 0 Å². The second kappa shape index (κ2) is 10.6. The number of carbonyl (C=O) groups excluding carboxylic acids is 4. The molecule has 3 fully saturated rings. The van der Waals surface area contributed by atoms with E-state index in [1.165, 1.54) is 10.5 Å². The molecule has 10 nitrogen and oxygen atoms in total. The molecule has 190 valence electrons. The molecule has 4 atom stereocenters. The van der Waals surface area contributed by atoms with Crippen molar-refractivity contribution in [2.45, 2.75) is 75.2 Å². The van der Waals surface area contributed by atoms with Crippen molar-refractivity contribution in [3.8, 4) is 0 Å². The van der Waals surface area contributed by atoms with Crippen LogP contribution in [0.4, 0.5) is 4.79 Å². The monoisotopic (exact) mass is 484 g/mol. The minimum Gasteiger partial charge on any atom is -0.352 e. The first-order valence-corrected chi connectivity index (χ1v) is 12.5. The molecule has 1 aromatic carbocycles. The summed E-state index contributed by atoms with van der Waals surface area (Å²) >= 11 is 0. The lowest BCUT2D eigenvalue weighted by Crippen LogP contribution is -2.63. The van der Waals surface area contributed by atoms with Gasteiger partial charge in [-0.15, -0.1) is 0 Å². The zero-order chi connectivity index (χ0) is 25.1. The summed E-state index contributed by atoms with van der Waals surface area (Å²) in [4.78, 5) is 54.4. The molecule has 5 amide bonds. The van der Waals surface area contributed by atoms with Crippen LogP contribution in [-0.4, -0.2) is 83.9 Å². The second-order valence-corrected chi connectivity index (χ2v) is 9.92. The van der Waals surface area contributed by atoms with E-state index in [9.17, 15) is 19.2 Å². The molecule has 1 unspecified atom stereocenters. The Labute approximate surface area is 206 Å². The first-order valence-electron chi connectivity index (χ1n) is 12.5. The van der Waals surface area contributed by atoms with Gasteiger partial charge in [-0.2, -0.15) is 0 Å². The Bertz CT molecular complexity index is 951. The topological polar surface area (TPSA) is 137 Å². The van der Waals surface area contributed by atoms with Crippen molar-refractivity contribution in [3.63, 3.8) is 0 Å². The molecule has 10 heteroatoms. The van der Waals surface area contributed by atoms with Gasteiger partial charge in [-0.05, 0) is 57.6 Å². The van der Waals surface area contributed by atoms with Crippen LogP contribution in [0, 0.1) is 0 Å². The van der Waals surface area contributed by atoms with E-state index < -0.39 is 24.2 Å². The number of amides is 5. The minimum absolute atomic E-state index is 0.0186. The van der Waals surface area contributed by atoms with Crippen molar-refractivity contribution in [1.29, 1.82) is 0 Å². The first kappa shape index (κ1) is 25.0. The molecule has 2 saturated heterocycles. The second-order valence-electron chi connectivity index (χ2n) is 9.92. The lowest BCUT2D eigenvalue weighted by molar-refractivity contribution is -0.145. The smallest absolute Gasteiger partial charge is 0.314 e. The quantitative estimate of drug-likeness (QED) is 0.460. The van der Waals surface area contributed by atoms with Gasteiger partial charge in [0.1, 0.15) is 12.1 Å². The molecule has 0 spiro atoms. The average Bonchev–Trinajstić information content (AvgIpc) is 3.24. The van der Waals surface area contributed by atoms with Crippen LogP contribution in [-0.2, 0) is 14.4 Å². The molecule has 3 aliphatic rings. The summed E-state index contributed by atoms with van der Waals surface area (Å²) in [5.41, 5.74) is 6.81. The Morgan fingerprint density at radius 2 is 1.77 bits per heavy atom. The summed E-state index contributed by atoms with van der Waals surface area (Å²) < 4.78 is 0. The molecule has 4 rings (SSSR count). The number of hydrogen-bond acceptors (Lipinski definition) is 5. The van der Waals surface area contributed by atoms with Gasteiger partial charge < -0.3 is 31.5 Å². The maximum absolute atomic E-state index is 13.6. The molecule has 35 heavy (non-hydrogen) atoms. The predicted octanol–water partition coefficient (Wildman–Crippen LogP) is 0.286. The molecule has 1 aromatic rings. The highest BCUT2D eigenvalue weighted by atomic mass is 16.2. The largest absolute Gasteiger partial charge is 0.352 e. The van der Waals surface area contributed by atoms with E-state index in [-0.39, 0.29) is 36.3 Å². The van der Waals surface area contributed by atoms with Crippen LogP contribution in [0.3, 0.4) is 0 Å². The highest BCUT2D eigenvalue weighted by Crippen LogP contribution is 2.37. The van der Waals surface area contributed by atoms with Crippen molar-refractivity contribution in [3.05, 3.63) is 35.9 Å². The van der Waals surface area contributed by atoms with E-state index in [0.29, 0.717) is 31.7 Å². The number of benzene rings is 1. The summed E-state index contributed by atoms with van der Waals surface area (Å²) in [6, 6.07) is 7.50. The minimum atomic E-state index is -0.965. The molecule has 0 radical (unpaired) electrons. The first-order chi connectivity index (χ1) is 16.8. The Balaban J connectivity index is 1.44. The van der Waals surface area contributed by atoms with Crippen LogP contribution in [0.25, 0.3) is 0 Å². The Hall–Kier alpha value is -3.14. The molecule has 2 heterocycles. The third kappa shape index (κ3) is 5.42. The fourth-order valence-electron chi connectivity index (χ4n) is 5.40. The molecule has 2 aliphatic heterocycles. The number of fused-ring (bicyclic) bond motifs is 1. The highest BCUT2D eigenvalue weighted by molar-refractivity contribution is 5.94. The van der Waals surface area contributed by atoms with Crippen molar-refractivity contribution in [2.24, 2.45) is 5.73 Å². The Morgan fingerprint density at radius 3 is 2.43 bits per heavy atom. The van der Waals surface area contributed by atoms with Crippen LogP contribution in [0.1, 0.15) is 50.5 Å². The van der Waals surface area contributed by atoms with Gasteiger partial charge in [0, 0.05) is 18.6 Å². The molecule has 0 aromatic heterocycles. The molecule has 1 aliphatic carbocycles. The molecule has 5 N–H and O–H groups in total. The zero-order valence-corrected chi connectivity index (χ0v) is 20.4. The van der Waals surface area contributed by atoms with E-state index in [1.54, 1.807) is 18.9 Å². The summed E-state index contributed by atoms with van der Waals surface area (Å²) in [5.74, 6) is -0.395. The van der Waals surface area contributed by atoms with Crippen LogP contribution in [0.15, 0.2) is 30.3 Å².